The summed E-state index contributed by atoms with van der Waals surface area (Å²) in [6.07, 6.45) is 3.13. The van der Waals surface area contributed by atoms with E-state index in [1.807, 2.05) is 19.1 Å². The van der Waals surface area contributed by atoms with Gasteiger partial charge in [-0.15, -0.1) is 0 Å². The first-order chi connectivity index (χ1) is 13.4. The van der Waals surface area contributed by atoms with E-state index in [1.165, 1.54) is 30.0 Å². The molecule has 0 aliphatic heterocycles. The van der Waals surface area contributed by atoms with Crippen LogP contribution < -0.4 is 5.32 Å². The lowest BCUT2D eigenvalue weighted by atomic mass is 10.1. The number of hydrogen-bond donors (Lipinski definition) is 1. The number of halogens is 2. The second kappa shape index (κ2) is 10.9. The van der Waals surface area contributed by atoms with Crippen molar-refractivity contribution < 1.29 is 18.7 Å². The van der Waals surface area contributed by atoms with E-state index in [-0.39, 0.29) is 30.7 Å². The maximum absolute atomic E-state index is 13.0. The first kappa shape index (κ1) is 22.0. The van der Waals surface area contributed by atoms with Crippen molar-refractivity contribution in [2.24, 2.45) is 0 Å². The third-order valence-corrected chi connectivity index (χ3v) is 5.18. The first-order valence-electron chi connectivity index (χ1n) is 8.74. The number of carbonyl (C=O) groups is 2. The summed E-state index contributed by atoms with van der Waals surface area (Å²) in [5.74, 6) is -0.942. The van der Waals surface area contributed by atoms with Gasteiger partial charge in [0, 0.05) is 27.4 Å². The van der Waals surface area contributed by atoms with E-state index in [4.69, 9.17) is 16.3 Å². The van der Waals surface area contributed by atoms with Crippen LogP contribution in [0.4, 0.5) is 4.39 Å². The van der Waals surface area contributed by atoms with Gasteiger partial charge in [-0.25, -0.2) is 4.39 Å². The Bertz CT molecular complexity index is 869. The van der Waals surface area contributed by atoms with Gasteiger partial charge in [-0.3, -0.25) is 9.59 Å². The molecule has 0 aliphatic rings. The summed E-state index contributed by atoms with van der Waals surface area (Å²) in [6.45, 7) is 4.20. The highest BCUT2D eigenvalue weighted by Crippen LogP contribution is 2.34. The molecular weight excluding hydrogens is 401 g/mol. The molecule has 0 aromatic heterocycles. The molecule has 1 amide bonds. The van der Waals surface area contributed by atoms with Gasteiger partial charge in [-0.1, -0.05) is 23.4 Å². The Morgan fingerprint density at radius 1 is 1.25 bits per heavy atom. The summed E-state index contributed by atoms with van der Waals surface area (Å²) in [5, 5.41) is 3.13. The molecule has 7 heteroatoms. The lowest BCUT2D eigenvalue weighted by Crippen LogP contribution is -2.24. The van der Waals surface area contributed by atoms with Crippen molar-refractivity contribution in [1.82, 2.24) is 5.32 Å². The van der Waals surface area contributed by atoms with Crippen LogP contribution in [0.3, 0.4) is 0 Å². The molecule has 0 saturated carbocycles. The smallest absolute Gasteiger partial charge is 0.307 e. The molecule has 0 bridgehead atoms. The summed E-state index contributed by atoms with van der Waals surface area (Å²) < 4.78 is 17.8. The molecule has 1 N–H and O–H groups in total. The van der Waals surface area contributed by atoms with Crippen LogP contribution in [0.1, 0.15) is 24.5 Å². The summed E-state index contributed by atoms with van der Waals surface area (Å²) in [4.78, 5) is 25.0. The normalized spacial score (nSPS) is 10.9. The Labute approximate surface area is 173 Å². The van der Waals surface area contributed by atoms with E-state index in [2.05, 4.69) is 5.32 Å². The van der Waals surface area contributed by atoms with Crippen LogP contribution in [0.5, 0.6) is 0 Å². The van der Waals surface area contributed by atoms with Gasteiger partial charge in [0.1, 0.15) is 5.82 Å². The number of benzene rings is 2. The van der Waals surface area contributed by atoms with Gasteiger partial charge >= 0.3 is 5.97 Å². The molecule has 0 heterocycles. The molecule has 2 aromatic carbocycles. The van der Waals surface area contributed by atoms with Gasteiger partial charge < -0.3 is 10.1 Å². The van der Waals surface area contributed by atoms with Crippen LogP contribution in [-0.2, 0) is 14.3 Å². The van der Waals surface area contributed by atoms with Gasteiger partial charge in [-0.2, -0.15) is 0 Å². The van der Waals surface area contributed by atoms with Gasteiger partial charge in [-0.05, 0) is 67.4 Å². The topological polar surface area (TPSA) is 55.4 Å². The van der Waals surface area contributed by atoms with Crippen LogP contribution in [0.2, 0.25) is 5.02 Å². The number of esters is 1. The second-order valence-electron chi connectivity index (χ2n) is 5.87. The van der Waals surface area contributed by atoms with E-state index < -0.39 is 0 Å². The van der Waals surface area contributed by atoms with E-state index in [1.54, 1.807) is 25.1 Å². The fourth-order valence-corrected chi connectivity index (χ4v) is 3.51. The average molecular weight is 422 g/mol. The summed E-state index contributed by atoms with van der Waals surface area (Å²) in [5.41, 5.74) is 1.70. The van der Waals surface area contributed by atoms with Gasteiger partial charge in [0.25, 0.3) is 0 Å². The number of ether oxygens (including phenoxy) is 1. The van der Waals surface area contributed by atoms with Crippen LogP contribution in [0.15, 0.2) is 52.3 Å². The third-order valence-electron chi connectivity index (χ3n) is 3.68. The van der Waals surface area contributed by atoms with Crippen LogP contribution in [-0.4, -0.2) is 25.0 Å². The number of carbonyl (C=O) groups excluding carboxylic acids is 2. The Hall–Kier alpha value is -2.31. The third kappa shape index (κ3) is 7.02. The quantitative estimate of drug-likeness (QED) is 0.480. The molecule has 0 unspecified atom stereocenters. The fourth-order valence-electron chi connectivity index (χ4n) is 2.30. The van der Waals surface area contributed by atoms with Crippen molar-refractivity contribution in [3.05, 3.63) is 64.4 Å². The minimum absolute atomic E-state index is 0.128. The molecule has 2 rings (SSSR count). The zero-order valence-electron chi connectivity index (χ0n) is 15.6. The minimum atomic E-state index is -0.348. The van der Waals surface area contributed by atoms with Crippen LogP contribution in [0.25, 0.3) is 6.08 Å². The molecule has 0 fully saturated rings. The maximum Gasteiger partial charge on any atom is 0.307 e. The van der Waals surface area contributed by atoms with Gasteiger partial charge in [0.2, 0.25) is 5.91 Å². The molecule has 0 aliphatic carbocycles. The Kier molecular flexibility index (Phi) is 8.54. The largest absolute Gasteiger partial charge is 0.466 e. The van der Waals surface area contributed by atoms with E-state index in [0.717, 1.165) is 15.4 Å². The van der Waals surface area contributed by atoms with Crippen molar-refractivity contribution in [2.45, 2.75) is 30.1 Å². The van der Waals surface area contributed by atoms with Crippen molar-refractivity contribution >= 4 is 41.3 Å². The number of rotatable bonds is 8. The highest BCUT2D eigenvalue weighted by atomic mass is 35.5. The van der Waals surface area contributed by atoms with Crippen molar-refractivity contribution in [3.8, 4) is 0 Å². The van der Waals surface area contributed by atoms with Crippen LogP contribution >= 0.6 is 23.4 Å². The molecule has 4 nitrogen and oxygen atoms in total. The molecule has 28 heavy (non-hydrogen) atoms. The van der Waals surface area contributed by atoms with Gasteiger partial charge in [0.05, 0.1) is 13.0 Å². The lowest BCUT2D eigenvalue weighted by Gasteiger charge is -2.09. The zero-order chi connectivity index (χ0) is 20.5. The first-order valence-corrected chi connectivity index (χ1v) is 9.93. The predicted molar refractivity (Wildman–Crippen MR) is 110 cm³/mol. The molecule has 0 spiro atoms. The Morgan fingerprint density at radius 2 is 1.96 bits per heavy atom. The average Bonchev–Trinajstić information content (AvgIpc) is 2.65. The minimum Gasteiger partial charge on any atom is -0.466 e. The van der Waals surface area contributed by atoms with Crippen molar-refractivity contribution in [2.75, 3.05) is 13.2 Å². The summed E-state index contributed by atoms with van der Waals surface area (Å²) in [6, 6.07) is 9.96. The van der Waals surface area contributed by atoms with Gasteiger partial charge in [0.15, 0.2) is 0 Å². The van der Waals surface area contributed by atoms with Crippen LogP contribution in [0, 0.1) is 12.7 Å². The number of aryl methyl sites for hydroxylation is 1. The predicted octanol–water partition coefficient (Wildman–Crippen LogP) is 5.02. The highest BCUT2D eigenvalue weighted by Gasteiger charge is 2.07. The Balaban J connectivity index is 1.97. The monoisotopic (exact) mass is 421 g/mol. The molecule has 0 radical (unpaired) electrons. The molecule has 148 valence electrons. The molecular formula is C21H21ClFNO3S. The van der Waals surface area contributed by atoms with E-state index in [0.29, 0.717) is 17.2 Å². The lowest BCUT2D eigenvalue weighted by molar-refractivity contribution is -0.142. The highest BCUT2D eigenvalue weighted by molar-refractivity contribution is 7.99. The number of nitrogens with one attached hydrogen (secondary N) is 1. The van der Waals surface area contributed by atoms with E-state index in [9.17, 15) is 14.0 Å². The molecule has 0 saturated heterocycles. The zero-order valence-corrected chi connectivity index (χ0v) is 17.2. The summed E-state index contributed by atoms with van der Waals surface area (Å²) in [7, 11) is 0. The SMILES string of the molecule is CCOC(=O)CCNC(=O)C=Cc1cc(C)c(Sc2ccc(F)cc2)cc1Cl. The standard InChI is InChI=1S/C21H21ClFNO3S/c1-3-27-21(26)10-11-24-20(25)9-4-15-12-14(2)19(13-18(15)22)28-17-7-5-16(23)6-8-17/h4-9,12-13H,3,10-11H2,1-2H3,(H,24,25). The second-order valence-corrected chi connectivity index (χ2v) is 7.40. The fraction of sp³-hybridized carbons (Fsp3) is 0.238. The molecule has 2 aromatic rings. The van der Waals surface area contributed by atoms with Crippen molar-refractivity contribution in [1.29, 1.82) is 0 Å². The maximum atomic E-state index is 13.0. The number of amides is 1. The molecule has 0 atom stereocenters. The van der Waals surface area contributed by atoms with E-state index >= 15 is 0 Å². The number of hydrogen-bond acceptors (Lipinski definition) is 4. The summed E-state index contributed by atoms with van der Waals surface area (Å²) >= 11 is 7.83. The Morgan fingerprint density at radius 3 is 2.64 bits per heavy atom. The van der Waals surface area contributed by atoms with Crippen molar-refractivity contribution in [3.63, 3.8) is 0 Å².